The molecule has 4 rings (SSSR count). The van der Waals surface area contributed by atoms with Crippen LogP contribution in [0.3, 0.4) is 0 Å². The quantitative estimate of drug-likeness (QED) is 0.776. The second kappa shape index (κ2) is 7.60. The maximum atomic E-state index is 13.0. The number of hydrogen-bond acceptors (Lipinski definition) is 4. The number of carbonyl (C=O) groups excluding carboxylic acids is 1. The number of aromatic nitrogens is 1. The van der Waals surface area contributed by atoms with Crippen LogP contribution in [0, 0.1) is 0 Å². The van der Waals surface area contributed by atoms with Crippen molar-refractivity contribution in [3.8, 4) is 11.5 Å². The topological polar surface area (TPSA) is 51.7 Å². The van der Waals surface area contributed by atoms with Crippen molar-refractivity contribution in [2.75, 3.05) is 11.7 Å². The first-order chi connectivity index (χ1) is 12.8. The number of anilines is 1. The predicted molar refractivity (Wildman–Crippen MR) is 100 cm³/mol. The van der Waals surface area contributed by atoms with Gasteiger partial charge in [0.2, 0.25) is 6.79 Å². The molecule has 2 heterocycles. The highest BCUT2D eigenvalue weighted by molar-refractivity contribution is 6.03. The number of amides is 1. The van der Waals surface area contributed by atoms with Gasteiger partial charge < -0.3 is 9.47 Å². The van der Waals surface area contributed by atoms with Gasteiger partial charge in [-0.3, -0.25) is 9.69 Å². The molecule has 1 fully saturated rings. The summed E-state index contributed by atoms with van der Waals surface area (Å²) in [4.78, 5) is 19.3. The number of rotatable bonds is 4. The average Bonchev–Trinajstić information content (AvgIpc) is 3.16. The van der Waals surface area contributed by atoms with E-state index in [4.69, 9.17) is 9.47 Å². The molecular weight excluding hydrogens is 328 g/mol. The number of ether oxygens (including phenoxy) is 2. The van der Waals surface area contributed by atoms with E-state index in [1.54, 1.807) is 12.3 Å². The predicted octanol–water partition coefficient (Wildman–Crippen LogP) is 4.19. The maximum absolute atomic E-state index is 13.0. The summed E-state index contributed by atoms with van der Waals surface area (Å²) in [5.74, 6) is 2.15. The van der Waals surface area contributed by atoms with Crippen LogP contribution < -0.4 is 14.4 Å². The van der Waals surface area contributed by atoms with Gasteiger partial charge in [-0.15, -0.1) is 0 Å². The van der Waals surface area contributed by atoms with Crippen LogP contribution in [0.5, 0.6) is 11.5 Å². The first kappa shape index (κ1) is 16.6. The number of hydrogen-bond donors (Lipinski definition) is 0. The van der Waals surface area contributed by atoms with Gasteiger partial charge in [-0.1, -0.05) is 31.4 Å². The molecule has 0 spiro atoms. The van der Waals surface area contributed by atoms with Gasteiger partial charge in [0.1, 0.15) is 5.82 Å². The molecule has 26 heavy (non-hydrogen) atoms. The van der Waals surface area contributed by atoms with Crippen molar-refractivity contribution in [3.05, 3.63) is 54.2 Å². The highest BCUT2D eigenvalue weighted by Crippen LogP contribution is 2.33. The molecule has 0 atom stereocenters. The fourth-order valence-electron chi connectivity index (χ4n) is 3.58. The molecule has 5 heteroatoms. The minimum atomic E-state index is -0.0340. The number of fused-ring (bicyclic) bond motifs is 1. The SMILES string of the molecule is O=C(/C=C\c1ccc2c(c1)OCO2)N(c1ccccn1)C1CCCCC1. The smallest absolute Gasteiger partial charge is 0.252 e. The van der Waals surface area contributed by atoms with Gasteiger partial charge >= 0.3 is 0 Å². The highest BCUT2D eigenvalue weighted by Gasteiger charge is 2.26. The number of nitrogens with zero attached hydrogens (tertiary/aromatic N) is 2. The zero-order chi connectivity index (χ0) is 17.8. The van der Waals surface area contributed by atoms with E-state index in [0.29, 0.717) is 5.75 Å². The van der Waals surface area contributed by atoms with Crippen molar-refractivity contribution in [2.45, 2.75) is 38.1 Å². The number of pyridine rings is 1. The van der Waals surface area contributed by atoms with E-state index in [1.807, 2.05) is 47.4 Å². The Morgan fingerprint density at radius 2 is 1.92 bits per heavy atom. The van der Waals surface area contributed by atoms with Gasteiger partial charge in [-0.2, -0.15) is 0 Å². The summed E-state index contributed by atoms with van der Waals surface area (Å²) in [6.45, 7) is 0.247. The van der Waals surface area contributed by atoms with Crippen molar-refractivity contribution in [3.63, 3.8) is 0 Å². The Hall–Kier alpha value is -2.82. The van der Waals surface area contributed by atoms with E-state index in [0.717, 1.165) is 42.8 Å². The summed E-state index contributed by atoms with van der Waals surface area (Å²) < 4.78 is 10.7. The van der Waals surface area contributed by atoms with Gasteiger partial charge in [0, 0.05) is 18.3 Å². The summed E-state index contributed by atoms with van der Waals surface area (Å²) >= 11 is 0. The van der Waals surface area contributed by atoms with Gasteiger partial charge in [0.15, 0.2) is 11.5 Å². The molecule has 1 amide bonds. The van der Waals surface area contributed by atoms with E-state index in [1.165, 1.54) is 6.42 Å². The largest absolute Gasteiger partial charge is 0.454 e. The summed E-state index contributed by atoms with van der Waals surface area (Å²) in [6.07, 6.45) is 10.8. The standard InChI is InChI=1S/C21H22N2O3/c24-21(12-10-16-9-11-18-19(14-16)26-15-25-18)23(17-6-2-1-3-7-17)20-8-4-5-13-22-20/h4-5,8-14,17H,1-3,6-7,15H2/b12-10-. The van der Waals surface area contributed by atoms with Gasteiger partial charge in [-0.05, 0) is 48.7 Å². The molecule has 0 radical (unpaired) electrons. The molecule has 2 aliphatic rings. The molecule has 1 saturated carbocycles. The molecule has 0 saturated heterocycles. The van der Waals surface area contributed by atoms with E-state index in [2.05, 4.69) is 4.98 Å². The minimum absolute atomic E-state index is 0.0340. The monoisotopic (exact) mass is 350 g/mol. The Morgan fingerprint density at radius 3 is 2.73 bits per heavy atom. The van der Waals surface area contributed by atoms with Crippen LogP contribution in [-0.4, -0.2) is 23.7 Å². The first-order valence-corrected chi connectivity index (χ1v) is 9.13. The normalized spacial score (nSPS) is 16.8. The minimum Gasteiger partial charge on any atom is -0.454 e. The molecule has 5 nitrogen and oxygen atoms in total. The Bertz CT molecular complexity index is 798. The third kappa shape index (κ3) is 3.57. The number of carbonyl (C=O) groups is 1. The fourth-order valence-corrected chi connectivity index (χ4v) is 3.58. The Morgan fingerprint density at radius 1 is 1.08 bits per heavy atom. The van der Waals surface area contributed by atoms with Gasteiger partial charge in [-0.25, -0.2) is 4.98 Å². The molecule has 1 aromatic carbocycles. The lowest BCUT2D eigenvalue weighted by atomic mass is 9.94. The molecule has 1 aliphatic carbocycles. The molecule has 1 aliphatic heterocycles. The molecule has 2 aromatic rings. The fraction of sp³-hybridized carbons (Fsp3) is 0.333. The van der Waals surface area contributed by atoms with Crippen LogP contribution in [0.2, 0.25) is 0 Å². The van der Waals surface area contributed by atoms with Crippen LogP contribution in [0.4, 0.5) is 5.82 Å². The van der Waals surface area contributed by atoms with Crippen LogP contribution in [0.1, 0.15) is 37.7 Å². The maximum Gasteiger partial charge on any atom is 0.252 e. The van der Waals surface area contributed by atoms with Crippen LogP contribution in [0.25, 0.3) is 6.08 Å². The van der Waals surface area contributed by atoms with Crippen molar-refractivity contribution < 1.29 is 14.3 Å². The summed E-state index contributed by atoms with van der Waals surface area (Å²) in [7, 11) is 0. The molecule has 0 unspecified atom stereocenters. The van der Waals surface area contributed by atoms with E-state index in [-0.39, 0.29) is 18.7 Å². The average molecular weight is 350 g/mol. The molecule has 134 valence electrons. The summed E-state index contributed by atoms with van der Waals surface area (Å²) in [5.41, 5.74) is 0.909. The van der Waals surface area contributed by atoms with E-state index >= 15 is 0 Å². The van der Waals surface area contributed by atoms with Crippen molar-refractivity contribution in [1.29, 1.82) is 0 Å². The zero-order valence-electron chi connectivity index (χ0n) is 14.6. The zero-order valence-corrected chi connectivity index (χ0v) is 14.6. The van der Waals surface area contributed by atoms with Crippen LogP contribution in [0.15, 0.2) is 48.7 Å². The molecule has 1 aromatic heterocycles. The van der Waals surface area contributed by atoms with Gasteiger partial charge in [0.05, 0.1) is 0 Å². The lowest BCUT2D eigenvalue weighted by molar-refractivity contribution is -0.114. The third-order valence-corrected chi connectivity index (χ3v) is 4.89. The van der Waals surface area contributed by atoms with Crippen LogP contribution in [-0.2, 0) is 4.79 Å². The summed E-state index contributed by atoms with van der Waals surface area (Å²) in [5, 5.41) is 0. The Kier molecular flexibility index (Phi) is 4.86. The first-order valence-electron chi connectivity index (χ1n) is 9.13. The molecule has 0 N–H and O–H groups in total. The van der Waals surface area contributed by atoms with Crippen LogP contribution >= 0.6 is 0 Å². The van der Waals surface area contributed by atoms with E-state index < -0.39 is 0 Å². The van der Waals surface area contributed by atoms with E-state index in [9.17, 15) is 4.79 Å². The second-order valence-corrected chi connectivity index (χ2v) is 6.63. The van der Waals surface area contributed by atoms with Gasteiger partial charge in [0.25, 0.3) is 5.91 Å². The van der Waals surface area contributed by atoms with Crippen molar-refractivity contribution in [2.24, 2.45) is 0 Å². The molecule has 0 bridgehead atoms. The lowest BCUT2D eigenvalue weighted by Gasteiger charge is -2.32. The highest BCUT2D eigenvalue weighted by atomic mass is 16.7. The Labute approximate surface area is 153 Å². The number of benzene rings is 1. The van der Waals surface area contributed by atoms with Crippen molar-refractivity contribution >= 4 is 17.8 Å². The second-order valence-electron chi connectivity index (χ2n) is 6.63. The lowest BCUT2D eigenvalue weighted by Crippen LogP contribution is -2.41. The third-order valence-electron chi connectivity index (χ3n) is 4.89. The van der Waals surface area contributed by atoms with Crippen molar-refractivity contribution in [1.82, 2.24) is 4.98 Å². The Balaban J connectivity index is 1.56. The summed E-state index contributed by atoms with van der Waals surface area (Å²) in [6, 6.07) is 11.6. The molecular formula is C21H22N2O3.